The molecule has 0 saturated carbocycles. The van der Waals surface area contributed by atoms with Crippen LogP contribution in [0.3, 0.4) is 0 Å². The Labute approximate surface area is 102 Å². The summed E-state index contributed by atoms with van der Waals surface area (Å²) in [6.07, 6.45) is 4.45. The first-order chi connectivity index (χ1) is 8.02. The molecule has 17 heavy (non-hydrogen) atoms. The van der Waals surface area contributed by atoms with Gasteiger partial charge >= 0.3 is 0 Å². The second-order valence-corrected chi connectivity index (χ2v) is 6.82. The quantitative estimate of drug-likeness (QED) is 0.871. The number of sulfone groups is 1. The maximum atomic E-state index is 11.4. The minimum atomic E-state index is -2.84. The number of nitrogens with one attached hydrogen (secondary N) is 1. The minimum Gasteiger partial charge on any atom is -0.310 e. The van der Waals surface area contributed by atoms with Crippen LogP contribution in [0.1, 0.15) is 37.9 Å². The normalized spacial score (nSPS) is 24.9. The molecule has 1 fully saturated rings. The predicted molar refractivity (Wildman–Crippen MR) is 66.6 cm³/mol. The van der Waals surface area contributed by atoms with Crippen molar-refractivity contribution in [3.05, 3.63) is 18.0 Å². The Kier molecular flexibility index (Phi) is 3.53. The first-order valence-corrected chi connectivity index (χ1v) is 7.82. The van der Waals surface area contributed by atoms with Crippen LogP contribution in [0.15, 0.2) is 12.4 Å². The summed E-state index contributed by atoms with van der Waals surface area (Å²) >= 11 is 0. The van der Waals surface area contributed by atoms with Crippen molar-refractivity contribution in [2.45, 2.75) is 32.4 Å². The van der Waals surface area contributed by atoms with Gasteiger partial charge in [0, 0.05) is 17.8 Å². The molecule has 0 amide bonds. The lowest BCUT2D eigenvalue weighted by Crippen LogP contribution is -2.17. The molecule has 2 unspecified atom stereocenters. The summed E-state index contributed by atoms with van der Waals surface area (Å²) in [5.41, 5.74) is 1.11. The van der Waals surface area contributed by atoms with Crippen molar-refractivity contribution in [1.82, 2.24) is 15.1 Å². The van der Waals surface area contributed by atoms with E-state index in [1.54, 1.807) is 4.68 Å². The monoisotopic (exact) mass is 257 g/mol. The summed E-state index contributed by atoms with van der Waals surface area (Å²) in [5, 5.41) is 7.59. The van der Waals surface area contributed by atoms with Gasteiger partial charge in [0.2, 0.25) is 0 Å². The van der Waals surface area contributed by atoms with E-state index < -0.39 is 9.84 Å². The van der Waals surface area contributed by atoms with Crippen molar-refractivity contribution in [2.24, 2.45) is 0 Å². The van der Waals surface area contributed by atoms with E-state index in [1.165, 1.54) is 0 Å². The van der Waals surface area contributed by atoms with E-state index >= 15 is 0 Å². The van der Waals surface area contributed by atoms with Gasteiger partial charge in [-0.15, -0.1) is 0 Å². The summed E-state index contributed by atoms with van der Waals surface area (Å²) in [6, 6.07) is 0.273. The predicted octanol–water partition coefficient (Wildman–Crippen LogP) is 0.913. The van der Waals surface area contributed by atoms with Gasteiger partial charge in [-0.1, -0.05) is 6.92 Å². The lowest BCUT2D eigenvalue weighted by molar-refractivity contribution is 0.498. The zero-order valence-corrected chi connectivity index (χ0v) is 11.1. The fraction of sp³-hybridized carbons (Fsp3) is 0.727. The number of hydrogen-bond acceptors (Lipinski definition) is 4. The van der Waals surface area contributed by atoms with Crippen LogP contribution in [0, 0.1) is 0 Å². The fourth-order valence-electron chi connectivity index (χ4n) is 2.18. The summed E-state index contributed by atoms with van der Waals surface area (Å²) in [4.78, 5) is 0. The van der Waals surface area contributed by atoms with Crippen molar-refractivity contribution in [2.75, 3.05) is 18.1 Å². The summed E-state index contributed by atoms with van der Waals surface area (Å²) in [6.45, 7) is 5.05. The highest BCUT2D eigenvalue weighted by molar-refractivity contribution is 7.91. The van der Waals surface area contributed by atoms with Crippen molar-refractivity contribution in [3.63, 3.8) is 0 Å². The molecular weight excluding hydrogens is 238 g/mol. The Morgan fingerprint density at radius 2 is 2.41 bits per heavy atom. The largest absolute Gasteiger partial charge is 0.310 e. The zero-order valence-electron chi connectivity index (χ0n) is 10.3. The lowest BCUT2D eigenvalue weighted by atomic mass is 10.2. The van der Waals surface area contributed by atoms with Gasteiger partial charge in [-0.05, 0) is 19.9 Å². The van der Waals surface area contributed by atoms with Gasteiger partial charge in [0.15, 0.2) is 9.84 Å². The van der Waals surface area contributed by atoms with Gasteiger partial charge in [-0.25, -0.2) is 8.42 Å². The average Bonchev–Trinajstić information content (AvgIpc) is 2.84. The lowest BCUT2D eigenvalue weighted by Gasteiger charge is -2.10. The Hall–Kier alpha value is -0.880. The molecule has 1 saturated heterocycles. The maximum absolute atomic E-state index is 11.4. The van der Waals surface area contributed by atoms with E-state index in [0.717, 1.165) is 12.1 Å². The smallest absolute Gasteiger partial charge is 0.152 e. The van der Waals surface area contributed by atoms with E-state index in [1.807, 2.05) is 12.4 Å². The van der Waals surface area contributed by atoms with Crippen LogP contribution >= 0.6 is 0 Å². The van der Waals surface area contributed by atoms with E-state index in [-0.39, 0.29) is 23.6 Å². The summed E-state index contributed by atoms with van der Waals surface area (Å²) in [7, 11) is -2.84. The van der Waals surface area contributed by atoms with Crippen LogP contribution in [-0.4, -0.2) is 36.2 Å². The molecule has 2 heterocycles. The van der Waals surface area contributed by atoms with Crippen LogP contribution in [0.2, 0.25) is 0 Å². The second-order valence-electron chi connectivity index (χ2n) is 4.59. The standard InChI is InChI=1S/C11H19N3O2S/c1-3-12-9(2)10-6-13-14(7-10)11-4-5-17(15,16)8-11/h6-7,9,11-12H,3-5,8H2,1-2H3. The molecule has 0 radical (unpaired) electrons. The van der Waals surface area contributed by atoms with Gasteiger partial charge in [0.1, 0.15) is 0 Å². The van der Waals surface area contributed by atoms with Gasteiger partial charge in [0.25, 0.3) is 0 Å². The van der Waals surface area contributed by atoms with Crippen LogP contribution in [0.25, 0.3) is 0 Å². The molecule has 0 spiro atoms. The molecule has 5 nitrogen and oxygen atoms in total. The topological polar surface area (TPSA) is 64.0 Å². The molecular formula is C11H19N3O2S. The van der Waals surface area contributed by atoms with Gasteiger partial charge in [-0.2, -0.15) is 5.10 Å². The first-order valence-electron chi connectivity index (χ1n) is 5.99. The molecule has 96 valence electrons. The van der Waals surface area contributed by atoms with Gasteiger partial charge in [-0.3, -0.25) is 4.68 Å². The van der Waals surface area contributed by atoms with E-state index in [0.29, 0.717) is 6.42 Å². The zero-order chi connectivity index (χ0) is 12.5. The molecule has 0 bridgehead atoms. The molecule has 0 aromatic carbocycles. The van der Waals surface area contributed by atoms with E-state index in [2.05, 4.69) is 24.3 Å². The highest BCUT2D eigenvalue weighted by Crippen LogP contribution is 2.24. The van der Waals surface area contributed by atoms with Crippen LogP contribution in [0.5, 0.6) is 0 Å². The third-order valence-corrected chi connectivity index (χ3v) is 4.96. The molecule has 6 heteroatoms. The Balaban J connectivity index is 2.09. The van der Waals surface area contributed by atoms with E-state index in [9.17, 15) is 8.42 Å². The number of aromatic nitrogens is 2. The summed E-state index contributed by atoms with van der Waals surface area (Å²) < 4.78 is 24.6. The van der Waals surface area contributed by atoms with E-state index in [4.69, 9.17) is 0 Å². The third kappa shape index (κ3) is 2.87. The molecule has 1 N–H and O–H groups in total. The number of rotatable bonds is 4. The highest BCUT2D eigenvalue weighted by Gasteiger charge is 2.29. The molecule has 1 aliphatic rings. The first kappa shape index (κ1) is 12.6. The van der Waals surface area contributed by atoms with Crippen LogP contribution in [0.4, 0.5) is 0 Å². The Bertz CT molecular complexity index is 481. The maximum Gasteiger partial charge on any atom is 0.152 e. The molecule has 1 aromatic rings. The van der Waals surface area contributed by atoms with Crippen LogP contribution in [-0.2, 0) is 9.84 Å². The summed E-state index contributed by atoms with van der Waals surface area (Å²) in [5.74, 6) is 0.513. The molecule has 1 aliphatic heterocycles. The Morgan fingerprint density at radius 3 is 3.00 bits per heavy atom. The highest BCUT2D eigenvalue weighted by atomic mass is 32.2. The average molecular weight is 257 g/mol. The van der Waals surface area contributed by atoms with Gasteiger partial charge in [0.05, 0.1) is 23.7 Å². The molecule has 2 atom stereocenters. The third-order valence-electron chi connectivity index (χ3n) is 3.21. The molecule has 1 aromatic heterocycles. The number of hydrogen-bond donors (Lipinski definition) is 1. The Morgan fingerprint density at radius 1 is 1.65 bits per heavy atom. The van der Waals surface area contributed by atoms with Crippen molar-refractivity contribution in [1.29, 1.82) is 0 Å². The minimum absolute atomic E-state index is 0.0163. The molecule has 2 rings (SSSR count). The fourth-order valence-corrected chi connectivity index (χ4v) is 3.89. The van der Waals surface area contributed by atoms with Crippen molar-refractivity contribution in [3.8, 4) is 0 Å². The van der Waals surface area contributed by atoms with Crippen molar-refractivity contribution < 1.29 is 8.42 Å². The number of nitrogens with zero attached hydrogens (tertiary/aromatic N) is 2. The van der Waals surface area contributed by atoms with Gasteiger partial charge < -0.3 is 5.32 Å². The van der Waals surface area contributed by atoms with Crippen molar-refractivity contribution >= 4 is 9.84 Å². The van der Waals surface area contributed by atoms with Crippen LogP contribution < -0.4 is 5.32 Å². The SMILES string of the molecule is CCNC(C)c1cnn(C2CCS(=O)(=O)C2)c1. The second kappa shape index (κ2) is 4.78. The molecule has 0 aliphatic carbocycles.